The Morgan fingerprint density at radius 1 is 1.22 bits per heavy atom. The molecule has 0 N–H and O–H groups in total. The van der Waals surface area contributed by atoms with Crippen LogP contribution in [0.1, 0.15) is 6.42 Å². The van der Waals surface area contributed by atoms with Gasteiger partial charge in [0.25, 0.3) is 0 Å². The third-order valence-electron chi connectivity index (χ3n) is 4.18. The molecule has 0 unspecified atom stereocenters. The highest BCUT2D eigenvalue weighted by Crippen LogP contribution is 2.34. The predicted molar refractivity (Wildman–Crippen MR) is 104 cm³/mol. The number of esters is 1. The van der Waals surface area contributed by atoms with E-state index in [-0.39, 0.29) is 11.2 Å². The fourth-order valence-corrected chi connectivity index (χ4v) is 3.97. The summed E-state index contributed by atoms with van der Waals surface area (Å²) < 4.78 is 12.3. The summed E-state index contributed by atoms with van der Waals surface area (Å²) in [6.07, 6.45) is 0.658. The van der Waals surface area contributed by atoms with Crippen molar-refractivity contribution < 1.29 is 14.3 Å². The third-order valence-corrected chi connectivity index (χ3v) is 5.62. The fraction of sp³-hybridized carbons (Fsp3) is 0.211. The van der Waals surface area contributed by atoms with Crippen molar-refractivity contribution in [3.63, 3.8) is 0 Å². The van der Waals surface area contributed by atoms with E-state index >= 15 is 0 Å². The zero-order valence-corrected chi connectivity index (χ0v) is 16.0. The number of cyclic esters (lactones) is 1. The smallest absolute Gasteiger partial charge is 0.319 e. The Bertz CT molecular complexity index is 975. The lowest BCUT2D eigenvalue weighted by Gasteiger charge is -2.12. The van der Waals surface area contributed by atoms with Crippen molar-refractivity contribution in [1.82, 2.24) is 14.8 Å². The molecule has 0 saturated carbocycles. The lowest BCUT2D eigenvalue weighted by atomic mass is 10.2. The second-order valence-corrected chi connectivity index (χ2v) is 7.52. The molecule has 1 aliphatic rings. The molecular formula is C19H16ClN3O3S. The molecule has 27 heavy (non-hydrogen) atoms. The summed E-state index contributed by atoms with van der Waals surface area (Å²) in [7, 11) is 1.62. The van der Waals surface area contributed by atoms with Crippen molar-refractivity contribution in [2.45, 2.75) is 16.8 Å². The molecule has 1 atom stereocenters. The summed E-state index contributed by atoms with van der Waals surface area (Å²) in [5.41, 5.74) is 1.72. The van der Waals surface area contributed by atoms with Crippen molar-refractivity contribution in [1.29, 1.82) is 0 Å². The molecule has 0 spiro atoms. The first-order chi connectivity index (χ1) is 13.2. The second-order valence-electron chi connectivity index (χ2n) is 5.91. The number of benzene rings is 2. The van der Waals surface area contributed by atoms with Gasteiger partial charge in [0.05, 0.1) is 13.7 Å². The number of nitrogens with zero attached hydrogens (tertiary/aromatic N) is 3. The Morgan fingerprint density at radius 3 is 2.74 bits per heavy atom. The SMILES string of the molecule is COc1cccc(-c2nnc(S[C@@H]3CCOC3=O)n2-c2ccc(Cl)cc2)c1. The van der Waals surface area contributed by atoms with Crippen LogP contribution in [-0.4, -0.2) is 39.7 Å². The molecule has 1 aromatic heterocycles. The number of rotatable bonds is 5. The van der Waals surface area contributed by atoms with Crippen LogP contribution in [0.25, 0.3) is 17.1 Å². The largest absolute Gasteiger partial charge is 0.497 e. The first-order valence-corrected chi connectivity index (χ1v) is 9.60. The number of ether oxygens (including phenoxy) is 2. The highest BCUT2D eigenvalue weighted by atomic mass is 35.5. The Morgan fingerprint density at radius 2 is 2.04 bits per heavy atom. The average Bonchev–Trinajstić information content (AvgIpc) is 3.29. The van der Waals surface area contributed by atoms with Crippen molar-refractivity contribution in [2.75, 3.05) is 13.7 Å². The van der Waals surface area contributed by atoms with Crippen LogP contribution in [0.15, 0.2) is 53.7 Å². The van der Waals surface area contributed by atoms with E-state index in [1.165, 1.54) is 11.8 Å². The van der Waals surface area contributed by atoms with Gasteiger partial charge in [-0.2, -0.15) is 0 Å². The van der Waals surface area contributed by atoms with E-state index in [0.29, 0.717) is 29.0 Å². The summed E-state index contributed by atoms with van der Waals surface area (Å²) in [4.78, 5) is 11.9. The van der Waals surface area contributed by atoms with E-state index in [2.05, 4.69) is 10.2 Å². The van der Waals surface area contributed by atoms with Gasteiger partial charge in [0, 0.05) is 22.7 Å². The number of aromatic nitrogens is 3. The first kappa shape index (κ1) is 17.9. The van der Waals surface area contributed by atoms with Gasteiger partial charge in [-0.1, -0.05) is 35.5 Å². The van der Waals surface area contributed by atoms with Crippen LogP contribution in [0, 0.1) is 0 Å². The van der Waals surface area contributed by atoms with E-state index in [1.807, 2.05) is 53.1 Å². The van der Waals surface area contributed by atoms with Crippen molar-refractivity contribution in [3.05, 3.63) is 53.6 Å². The molecule has 0 aliphatic carbocycles. The topological polar surface area (TPSA) is 66.2 Å². The molecule has 8 heteroatoms. The standard InChI is InChI=1S/C19H16ClN3O3S/c1-25-15-4-2-3-12(11-15)17-21-22-19(27-16-9-10-26-18(16)24)23(17)14-7-5-13(20)6-8-14/h2-8,11,16H,9-10H2,1H3/t16-/m1/s1. The number of carbonyl (C=O) groups is 1. The Hall–Kier alpha value is -2.51. The van der Waals surface area contributed by atoms with Crippen LogP contribution in [0.2, 0.25) is 5.02 Å². The van der Waals surface area contributed by atoms with E-state index < -0.39 is 0 Å². The van der Waals surface area contributed by atoms with Crippen molar-refractivity contribution in [3.8, 4) is 22.8 Å². The zero-order chi connectivity index (χ0) is 18.8. The van der Waals surface area contributed by atoms with E-state index in [0.717, 1.165) is 17.0 Å². The molecule has 1 aliphatic heterocycles. The second kappa shape index (κ2) is 7.62. The minimum Gasteiger partial charge on any atom is -0.497 e. The quantitative estimate of drug-likeness (QED) is 0.602. The number of hydrogen-bond acceptors (Lipinski definition) is 6. The maximum absolute atomic E-state index is 11.9. The van der Waals surface area contributed by atoms with Crippen LogP contribution in [0.5, 0.6) is 5.75 Å². The van der Waals surface area contributed by atoms with E-state index in [9.17, 15) is 4.79 Å². The zero-order valence-electron chi connectivity index (χ0n) is 14.5. The summed E-state index contributed by atoms with van der Waals surface area (Å²) in [6, 6.07) is 15.0. The monoisotopic (exact) mass is 401 g/mol. The molecule has 0 bridgehead atoms. The maximum atomic E-state index is 11.9. The van der Waals surface area contributed by atoms with Crippen molar-refractivity contribution >= 4 is 29.3 Å². The predicted octanol–water partition coefficient (Wildman–Crippen LogP) is 4.00. The summed E-state index contributed by atoms with van der Waals surface area (Å²) in [6.45, 7) is 0.439. The highest BCUT2D eigenvalue weighted by Gasteiger charge is 2.30. The Kier molecular flexibility index (Phi) is 5.05. The molecular weight excluding hydrogens is 386 g/mol. The molecule has 138 valence electrons. The lowest BCUT2D eigenvalue weighted by molar-refractivity contribution is -0.137. The number of halogens is 1. The van der Waals surface area contributed by atoms with Gasteiger partial charge in [-0.25, -0.2) is 0 Å². The lowest BCUT2D eigenvalue weighted by Crippen LogP contribution is -2.11. The van der Waals surface area contributed by atoms with Crippen LogP contribution in [0.3, 0.4) is 0 Å². The molecule has 0 radical (unpaired) electrons. The minimum atomic E-state index is -0.279. The fourth-order valence-electron chi connectivity index (χ4n) is 2.83. The van der Waals surface area contributed by atoms with E-state index in [4.69, 9.17) is 21.1 Å². The number of carbonyl (C=O) groups excluding carboxylic acids is 1. The van der Waals surface area contributed by atoms with Gasteiger partial charge in [0.2, 0.25) is 0 Å². The van der Waals surface area contributed by atoms with Crippen LogP contribution < -0.4 is 4.74 Å². The molecule has 1 fully saturated rings. The van der Waals surface area contributed by atoms with E-state index in [1.54, 1.807) is 7.11 Å². The number of thioether (sulfide) groups is 1. The average molecular weight is 402 g/mol. The Labute approximate surface area is 165 Å². The first-order valence-electron chi connectivity index (χ1n) is 8.35. The van der Waals surface area contributed by atoms with Crippen LogP contribution >= 0.6 is 23.4 Å². The Balaban J connectivity index is 1.81. The number of methoxy groups -OCH3 is 1. The molecule has 2 heterocycles. The van der Waals surface area contributed by atoms with Gasteiger partial charge in [-0.05, 0) is 36.4 Å². The number of hydrogen-bond donors (Lipinski definition) is 0. The molecule has 2 aromatic carbocycles. The summed E-state index contributed by atoms with van der Waals surface area (Å²) in [5.74, 6) is 1.17. The maximum Gasteiger partial charge on any atom is 0.319 e. The van der Waals surface area contributed by atoms with Crippen LogP contribution in [-0.2, 0) is 9.53 Å². The molecule has 0 amide bonds. The van der Waals surface area contributed by atoms with Gasteiger partial charge in [-0.15, -0.1) is 10.2 Å². The van der Waals surface area contributed by atoms with Gasteiger partial charge < -0.3 is 9.47 Å². The molecule has 1 saturated heterocycles. The molecule has 4 rings (SSSR count). The van der Waals surface area contributed by atoms with Gasteiger partial charge in [-0.3, -0.25) is 9.36 Å². The highest BCUT2D eigenvalue weighted by molar-refractivity contribution is 8.00. The summed E-state index contributed by atoms with van der Waals surface area (Å²) >= 11 is 7.40. The normalized spacial score (nSPS) is 16.4. The molecule has 3 aromatic rings. The minimum absolute atomic E-state index is 0.214. The van der Waals surface area contributed by atoms with Crippen LogP contribution in [0.4, 0.5) is 0 Å². The molecule has 6 nitrogen and oxygen atoms in total. The summed E-state index contributed by atoms with van der Waals surface area (Å²) in [5, 5.41) is 9.71. The third kappa shape index (κ3) is 3.65. The van der Waals surface area contributed by atoms with Gasteiger partial charge in [0.1, 0.15) is 11.0 Å². The van der Waals surface area contributed by atoms with Gasteiger partial charge in [0.15, 0.2) is 11.0 Å². The van der Waals surface area contributed by atoms with Crippen molar-refractivity contribution in [2.24, 2.45) is 0 Å². The van der Waals surface area contributed by atoms with Gasteiger partial charge >= 0.3 is 5.97 Å².